The maximum Gasteiger partial charge on any atom is 0.0624 e. The van der Waals surface area contributed by atoms with E-state index in [2.05, 4.69) is 6.92 Å². The van der Waals surface area contributed by atoms with Crippen molar-refractivity contribution in [3.63, 3.8) is 0 Å². The standard InChI is InChI=1S/C10H12Cl2/c1-2-3-5-8-6-4-7-9(11)10(8)12/h4,6-7H,2-3,5H2,1H3. The van der Waals surface area contributed by atoms with Gasteiger partial charge in [0.25, 0.3) is 0 Å². The average molecular weight is 203 g/mol. The van der Waals surface area contributed by atoms with Gasteiger partial charge < -0.3 is 0 Å². The summed E-state index contributed by atoms with van der Waals surface area (Å²) in [6, 6.07) is 5.79. The highest BCUT2D eigenvalue weighted by molar-refractivity contribution is 6.42. The Kier molecular flexibility index (Phi) is 3.90. The van der Waals surface area contributed by atoms with Crippen LogP contribution in [0.2, 0.25) is 10.0 Å². The minimum Gasteiger partial charge on any atom is -0.0827 e. The van der Waals surface area contributed by atoms with Gasteiger partial charge in [0.15, 0.2) is 0 Å². The van der Waals surface area contributed by atoms with E-state index in [4.69, 9.17) is 23.2 Å². The van der Waals surface area contributed by atoms with E-state index in [1.807, 2.05) is 18.2 Å². The molecule has 1 aromatic rings. The molecule has 1 rings (SSSR count). The zero-order valence-electron chi connectivity index (χ0n) is 7.11. The van der Waals surface area contributed by atoms with Crippen molar-refractivity contribution in [2.45, 2.75) is 26.2 Å². The monoisotopic (exact) mass is 202 g/mol. The maximum atomic E-state index is 6.00. The molecular formula is C10H12Cl2. The number of aryl methyl sites for hydroxylation is 1. The summed E-state index contributed by atoms with van der Waals surface area (Å²) in [7, 11) is 0. The third kappa shape index (κ3) is 2.40. The second-order valence-electron chi connectivity index (χ2n) is 2.82. The van der Waals surface area contributed by atoms with Gasteiger partial charge in [0.2, 0.25) is 0 Å². The summed E-state index contributed by atoms with van der Waals surface area (Å²) in [6.07, 6.45) is 3.37. The lowest BCUT2D eigenvalue weighted by molar-refractivity contribution is 0.795. The van der Waals surface area contributed by atoms with Crippen molar-refractivity contribution in [3.8, 4) is 0 Å². The molecule has 2 heteroatoms. The van der Waals surface area contributed by atoms with Gasteiger partial charge in [-0.25, -0.2) is 0 Å². The minimum absolute atomic E-state index is 0.658. The lowest BCUT2D eigenvalue weighted by atomic mass is 10.1. The molecule has 0 spiro atoms. The molecule has 0 aliphatic carbocycles. The van der Waals surface area contributed by atoms with Crippen molar-refractivity contribution < 1.29 is 0 Å². The predicted molar refractivity (Wildman–Crippen MR) is 55.1 cm³/mol. The number of benzene rings is 1. The summed E-state index contributed by atoms with van der Waals surface area (Å²) in [6.45, 7) is 2.17. The van der Waals surface area contributed by atoms with E-state index in [0.29, 0.717) is 10.0 Å². The quantitative estimate of drug-likeness (QED) is 0.685. The molecule has 0 aliphatic rings. The van der Waals surface area contributed by atoms with Gasteiger partial charge in [-0.3, -0.25) is 0 Å². The molecule has 0 N–H and O–H groups in total. The normalized spacial score (nSPS) is 10.2. The fraction of sp³-hybridized carbons (Fsp3) is 0.400. The predicted octanol–water partition coefficient (Wildman–Crippen LogP) is 4.34. The van der Waals surface area contributed by atoms with Crippen molar-refractivity contribution in [2.24, 2.45) is 0 Å². The Hall–Kier alpha value is -0.200. The van der Waals surface area contributed by atoms with Gasteiger partial charge in [-0.05, 0) is 24.5 Å². The highest BCUT2D eigenvalue weighted by Gasteiger charge is 2.02. The molecule has 0 bridgehead atoms. The van der Waals surface area contributed by atoms with E-state index in [1.54, 1.807) is 0 Å². The highest BCUT2D eigenvalue weighted by atomic mass is 35.5. The summed E-state index contributed by atoms with van der Waals surface area (Å²) >= 11 is 11.9. The molecule has 0 saturated heterocycles. The van der Waals surface area contributed by atoms with Gasteiger partial charge in [0.1, 0.15) is 0 Å². The van der Waals surface area contributed by atoms with Crippen LogP contribution in [0.1, 0.15) is 25.3 Å². The SMILES string of the molecule is CCCCc1cccc(Cl)c1Cl. The van der Waals surface area contributed by atoms with Crippen molar-refractivity contribution in [1.82, 2.24) is 0 Å². The highest BCUT2D eigenvalue weighted by Crippen LogP contribution is 2.26. The molecule has 0 atom stereocenters. The summed E-state index contributed by atoms with van der Waals surface area (Å²) in [5, 5.41) is 1.37. The summed E-state index contributed by atoms with van der Waals surface area (Å²) < 4.78 is 0. The summed E-state index contributed by atoms with van der Waals surface area (Å²) in [4.78, 5) is 0. The first-order valence-electron chi connectivity index (χ1n) is 4.18. The Labute approximate surface area is 83.5 Å². The van der Waals surface area contributed by atoms with Crippen LogP contribution < -0.4 is 0 Å². The second-order valence-corrected chi connectivity index (χ2v) is 3.60. The Morgan fingerprint density at radius 2 is 2.00 bits per heavy atom. The zero-order valence-corrected chi connectivity index (χ0v) is 8.62. The number of rotatable bonds is 3. The van der Waals surface area contributed by atoms with E-state index in [9.17, 15) is 0 Å². The Morgan fingerprint density at radius 3 is 2.67 bits per heavy atom. The average Bonchev–Trinajstić information content (AvgIpc) is 2.08. The molecule has 0 heterocycles. The summed E-state index contributed by atoms with van der Waals surface area (Å²) in [5.74, 6) is 0. The largest absolute Gasteiger partial charge is 0.0827 e. The molecule has 0 aliphatic heterocycles. The van der Waals surface area contributed by atoms with Crippen LogP contribution in [0.25, 0.3) is 0 Å². The van der Waals surface area contributed by atoms with Crippen LogP contribution in [0, 0.1) is 0 Å². The summed E-state index contributed by atoms with van der Waals surface area (Å²) in [5.41, 5.74) is 1.16. The third-order valence-corrected chi connectivity index (χ3v) is 2.69. The van der Waals surface area contributed by atoms with Crippen LogP contribution in [-0.4, -0.2) is 0 Å². The lowest BCUT2D eigenvalue weighted by Crippen LogP contribution is -1.86. The van der Waals surface area contributed by atoms with Crippen LogP contribution in [0.3, 0.4) is 0 Å². The van der Waals surface area contributed by atoms with Crippen LogP contribution in [0.5, 0.6) is 0 Å². The zero-order chi connectivity index (χ0) is 8.97. The van der Waals surface area contributed by atoms with Gasteiger partial charge in [-0.1, -0.05) is 48.7 Å². The van der Waals surface area contributed by atoms with E-state index in [-0.39, 0.29) is 0 Å². The van der Waals surface area contributed by atoms with Gasteiger partial charge in [0.05, 0.1) is 10.0 Å². The number of hydrogen-bond donors (Lipinski definition) is 0. The molecule has 1 aromatic carbocycles. The molecular weight excluding hydrogens is 191 g/mol. The van der Waals surface area contributed by atoms with Crippen LogP contribution in [0.15, 0.2) is 18.2 Å². The molecule has 0 nitrogen and oxygen atoms in total. The van der Waals surface area contributed by atoms with Crippen molar-refractivity contribution in [3.05, 3.63) is 33.8 Å². The maximum absolute atomic E-state index is 6.00. The van der Waals surface area contributed by atoms with Crippen LogP contribution >= 0.6 is 23.2 Å². The lowest BCUT2D eigenvalue weighted by Gasteiger charge is -2.03. The molecule has 12 heavy (non-hydrogen) atoms. The van der Waals surface area contributed by atoms with E-state index >= 15 is 0 Å². The van der Waals surface area contributed by atoms with Crippen molar-refractivity contribution in [2.75, 3.05) is 0 Å². The number of halogens is 2. The molecule has 0 unspecified atom stereocenters. The van der Waals surface area contributed by atoms with E-state index in [0.717, 1.165) is 12.0 Å². The molecule has 0 radical (unpaired) electrons. The third-order valence-electron chi connectivity index (χ3n) is 1.83. The Balaban J connectivity index is 2.78. The Morgan fingerprint density at radius 1 is 1.25 bits per heavy atom. The minimum atomic E-state index is 0.658. The van der Waals surface area contributed by atoms with E-state index in [1.165, 1.54) is 12.8 Å². The van der Waals surface area contributed by atoms with Gasteiger partial charge >= 0.3 is 0 Å². The molecule has 0 fully saturated rings. The molecule has 0 amide bonds. The number of hydrogen-bond acceptors (Lipinski definition) is 0. The van der Waals surface area contributed by atoms with E-state index < -0.39 is 0 Å². The smallest absolute Gasteiger partial charge is 0.0624 e. The number of unbranched alkanes of at least 4 members (excludes halogenated alkanes) is 1. The van der Waals surface area contributed by atoms with Gasteiger partial charge in [-0.15, -0.1) is 0 Å². The van der Waals surface area contributed by atoms with Crippen molar-refractivity contribution >= 4 is 23.2 Å². The second kappa shape index (κ2) is 4.74. The van der Waals surface area contributed by atoms with Crippen LogP contribution in [-0.2, 0) is 6.42 Å². The molecule has 0 saturated carbocycles. The molecule has 0 aromatic heterocycles. The first kappa shape index (κ1) is 9.88. The topological polar surface area (TPSA) is 0 Å². The first-order chi connectivity index (χ1) is 5.75. The van der Waals surface area contributed by atoms with Gasteiger partial charge in [-0.2, -0.15) is 0 Å². The fourth-order valence-corrected chi connectivity index (χ4v) is 1.52. The van der Waals surface area contributed by atoms with Crippen molar-refractivity contribution in [1.29, 1.82) is 0 Å². The fourth-order valence-electron chi connectivity index (χ4n) is 1.11. The Bertz CT molecular complexity index is 256. The van der Waals surface area contributed by atoms with Crippen LogP contribution in [0.4, 0.5) is 0 Å². The molecule has 66 valence electrons. The van der Waals surface area contributed by atoms with Gasteiger partial charge in [0, 0.05) is 0 Å². The first-order valence-corrected chi connectivity index (χ1v) is 4.94.